The van der Waals surface area contributed by atoms with E-state index in [1.165, 1.54) is 6.42 Å². The predicted molar refractivity (Wildman–Crippen MR) is 85.2 cm³/mol. The maximum atomic E-state index is 6.07. The molecule has 0 atom stereocenters. The van der Waals surface area contributed by atoms with Crippen molar-refractivity contribution in [1.82, 2.24) is 0 Å². The Morgan fingerprint density at radius 2 is 1.74 bits per heavy atom. The van der Waals surface area contributed by atoms with E-state index in [0.717, 1.165) is 31.4 Å². The number of rotatable bonds is 8. The molecule has 0 aliphatic carbocycles. The molecule has 19 heavy (non-hydrogen) atoms. The molecule has 0 saturated heterocycles. The van der Waals surface area contributed by atoms with Crippen molar-refractivity contribution >= 4 is 40.9 Å². The van der Waals surface area contributed by atoms with Gasteiger partial charge in [-0.25, -0.2) is 0 Å². The molecule has 0 aliphatic heterocycles. The molecule has 4 heteroatoms. The molecule has 0 unspecified atom stereocenters. The topological polar surface area (TPSA) is 9.23 Å². The summed E-state index contributed by atoms with van der Waals surface area (Å²) in [6.45, 7) is 5.13. The van der Waals surface area contributed by atoms with Gasteiger partial charge < -0.3 is 4.74 Å². The van der Waals surface area contributed by atoms with Gasteiger partial charge in [-0.3, -0.25) is 0 Å². The van der Waals surface area contributed by atoms with Crippen LogP contribution in [-0.2, 0) is 4.74 Å². The van der Waals surface area contributed by atoms with Gasteiger partial charge in [0.15, 0.2) is 0 Å². The zero-order chi connectivity index (χ0) is 14.1. The molecule has 0 aromatic heterocycles. The van der Waals surface area contributed by atoms with E-state index in [4.69, 9.17) is 39.5 Å². The molecule has 0 aliphatic rings. The second kappa shape index (κ2) is 9.66. The van der Waals surface area contributed by atoms with Crippen LogP contribution in [0.3, 0.4) is 0 Å². The third-order valence-corrected chi connectivity index (χ3v) is 3.42. The quantitative estimate of drug-likeness (QED) is 0.528. The maximum Gasteiger partial charge on any atom is 0.0650 e. The van der Waals surface area contributed by atoms with E-state index >= 15 is 0 Å². The van der Waals surface area contributed by atoms with Crippen LogP contribution >= 0.6 is 34.8 Å². The van der Waals surface area contributed by atoms with E-state index in [1.54, 1.807) is 12.1 Å². The summed E-state index contributed by atoms with van der Waals surface area (Å²) in [5, 5.41) is 1.63. The van der Waals surface area contributed by atoms with Gasteiger partial charge in [-0.05, 0) is 18.6 Å². The van der Waals surface area contributed by atoms with Crippen LogP contribution in [0.15, 0.2) is 18.2 Å². The molecular formula is C15H18Cl3O. The third kappa shape index (κ3) is 6.67. The fourth-order valence-electron chi connectivity index (χ4n) is 1.59. The first-order chi connectivity index (χ1) is 9.15. The lowest BCUT2D eigenvalue weighted by Crippen LogP contribution is -1.94. The molecule has 0 N–H and O–H groups in total. The molecule has 1 aromatic rings. The number of ether oxygens (including phenoxy) is 1. The first-order valence-corrected chi connectivity index (χ1v) is 7.46. The summed E-state index contributed by atoms with van der Waals surface area (Å²) in [6, 6.07) is 3.35. The average Bonchev–Trinajstić information content (AvgIpc) is 2.35. The minimum atomic E-state index is 0.536. The minimum Gasteiger partial charge on any atom is -0.377 e. The Balaban J connectivity index is 2.33. The molecule has 1 radical (unpaired) electrons. The van der Waals surface area contributed by atoms with Gasteiger partial charge >= 0.3 is 0 Å². The summed E-state index contributed by atoms with van der Waals surface area (Å²) >= 11 is 18.0. The van der Waals surface area contributed by atoms with Crippen molar-refractivity contribution in [2.45, 2.75) is 25.7 Å². The highest BCUT2D eigenvalue weighted by atomic mass is 35.5. The van der Waals surface area contributed by atoms with Crippen molar-refractivity contribution < 1.29 is 4.74 Å². The van der Waals surface area contributed by atoms with Crippen molar-refractivity contribution in [1.29, 1.82) is 0 Å². The van der Waals surface area contributed by atoms with Crippen LogP contribution in [0.4, 0.5) is 0 Å². The van der Waals surface area contributed by atoms with Gasteiger partial charge in [-0.15, -0.1) is 0 Å². The monoisotopic (exact) mass is 319 g/mol. The van der Waals surface area contributed by atoms with Gasteiger partial charge in [0.05, 0.1) is 16.7 Å². The van der Waals surface area contributed by atoms with E-state index in [2.05, 4.69) is 6.92 Å². The van der Waals surface area contributed by atoms with Gasteiger partial charge in [0.1, 0.15) is 0 Å². The molecule has 0 spiro atoms. The average molecular weight is 321 g/mol. The summed E-state index contributed by atoms with van der Waals surface area (Å²) in [6.07, 6.45) is 8.16. The zero-order valence-electron chi connectivity index (χ0n) is 10.8. The lowest BCUT2D eigenvalue weighted by Gasteiger charge is -2.03. The van der Waals surface area contributed by atoms with Crippen LogP contribution in [0.1, 0.15) is 31.2 Å². The number of unbranched alkanes of at least 4 members (excludes halogenated alkanes) is 3. The molecule has 1 nitrogen and oxygen atoms in total. The standard InChI is InChI=1S/C15H18Cl3O/c1-2-3-4-5-8-19-9-6-7-13-14(17)10-12(16)11-15(13)18/h6-7,10-11H,1-5,8-9H2. The smallest absolute Gasteiger partial charge is 0.0650 e. The molecule has 1 aromatic carbocycles. The van der Waals surface area contributed by atoms with Crippen molar-refractivity contribution in [3.05, 3.63) is 45.8 Å². The van der Waals surface area contributed by atoms with Crippen LogP contribution < -0.4 is 0 Å². The van der Waals surface area contributed by atoms with E-state index in [-0.39, 0.29) is 0 Å². The van der Waals surface area contributed by atoms with Gasteiger partial charge in [-0.1, -0.05) is 73.1 Å². The van der Waals surface area contributed by atoms with Crippen LogP contribution in [0.25, 0.3) is 6.08 Å². The lowest BCUT2D eigenvalue weighted by atomic mass is 10.2. The van der Waals surface area contributed by atoms with E-state index in [1.807, 2.05) is 12.2 Å². The highest BCUT2D eigenvalue weighted by Crippen LogP contribution is 2.29. The molecule has 0 bridgehead atoms. The fraction of sp³-hybridized carbons (Fsp3) is 0.400. The van der Waals surface area contributed by atoms with E-state index < -0.39 is 0 Å². The Hall–Kier alpha value is -0.210. The van der Waals surface area contributed by atoms with Crippen molar-refractivity contribution in [2.24, 2.45) is 0 Å². The number of halogens is 3. The summed E-state index contributed by atoms with van der Waals surface area (Å²) in [4.78, 5) is 0. The number of benzene rings is 1. The van der Waals surface area contributed by atoms with Gasteiger partial charge in [-0.2, -0.15) is 0 Å². The minimum absolute atomic E-state index is 0.536. The molecule has 1 rings (SSSR count). The number of hydrogen-bond acceptors (Lipinski definition) is 1. The van der Waals surface area contributed by atoms with Crippen LogP contribution in [-0.4, -0.2) is 13.2 Å². The Labute approximate surface area is 130 Å². The molecule has 0 heterocycles. The second-order valence-electron chi connectivity index (χ2n) is 4.17. The largest absolute Gasteiger partial charge is 0.377 e. The first-order valence-electron chi connectivity index (χ1n) is 6.33. The SMILES string of the molecule is [CH2]CCCCCOCC=Cc1c(Cl)cc(Cl)cc1Cl. The van der Waals surface area contributed by atoms with E-state index in [0.29, 0.717) is 21.7 Å². The van der Waals surface area contributed by atoms with Crippen molar-refractivity contribution in [2.75, 3.05) is 13.2 Å². The Morgan fingerprint density at radius 3 is 2.37 bits per heavy atom. The Morgan fingerprint density at radius 1 is 1.05 bits per heavy atom. The van der Waals surface area contributed by atoms with Crippen LogP contribution in [0.2, 0.25) is 15.1 Å². The van der Waals surface area contributed by atoms with Crippen molar-refractivity contribution in [3.8, 4) is 0 Å². The normalized spacial score (nSPS) is 11.4. The fourth-order valence-corrected chi connectivity index (χ4v) is 2.53. The van der Waals surface area contributed by atoms with Crippen LogP contribution in [0, 0.1) is 6.92 Å². The molecule has 0 fully saturated rings. The van der Waals surface area contributed by atoms with Crippen LogP contribution in [0.5, 0.6) is 0 Å². The maximum absolute atomic E-state index is 6.07. The molecule has 0 amide bonds. The van der Waals surface area contributed by atoms with Crippen molar-refractivity contribution in [3.63, 3.8) is 0 Å². The molecular weight excluding hydrogens is 303 g/mol. The lowest BCUT2D eigenvalue weighted by molar-refractivity contribution is 0.158. The number of hydrogen-bond donors (Lipinski definition) is 0. The zero-order valence-corrected chi connectivity index (χ0v) is 13.1. The Bertz CT molecular complexity index is 393. The summed E-state index contributed by atoms with van der Waals surface area (Å²) in [5.74, 6) is 0. The Kier molecular flexibility index (Phi) is 8.56. The predicted octanol–water partition coefficient (Wildman–Crippen LogP) is 6.07. The first kappa shape index (κ1) is 16.8. The third-order valence-electron chi connectivity index (χ3n) is 2.58. The second-order valence-corrected chi connectivity index (χ2v) is 5.43. The van der Waals surface area contributed by atoms with Gasteiger partial charge in [0, 0.05) is 17.2 Å². The van der Waals surface area contributed by atoms with Gasteiger partial charge in [0.25, 0.3) is 0 Å². The summed E-state index contributed by atoms with van der Waals surface area (Å²) < 4.78 is 5.49. The van der Waals surface area contributed by atoms with Gasteiger partial charge in [0.2, 0.25) is 0 Å². The molecule has 105 valence electrons. The summed E-state index contributed by atoms with van der Waals surface area (Å²) in [5.41, 5.74) is 0.772. The highest BCUT2D eigenvalue weighted by molar-refractivity contribution is 6.40. The summed E-state index contributed by atoms with van der Waals surface area (Å²) in [7, 11) is 0. The highest BCUT2D eigenvalue weighted by Gasteiger charge is 2.04. The van der Waals surface area contributed by atoms with E-state index in [9.17, 15) is 0 Å². The molecule has 0 saturated carbocycles.